The molecule has 0 bridgehead atoms. The predicted molar refractivity (Wildman–Crippen MR) is 76.7 cm³/mol. The molecule has 6 heteroatoms. The lowest BCUT2D eigenvalue weighted by atomic mass is 10.1. The fourth-order valence-electron chi connectivity index (χ4n) is 1.90. The Labute approximate surface area is 120 Å². The lowest BCUT2D eigenvalue weighted by Crippen LogP contribution is -1.99. The van der Waals surface area contributed by atoms with E-state index in [0.29, 0.717) is 12.2 Å². The van der Waals surface area contributed by atoms with Crippen molar-refractivity contribution in [2.75, 3.05) is 5.73 Å². The zero-order valence-electron chi connectivity index (χ0n) is 11.1. The predicted octanol–water partition coefficient (Wildman–Crippen LogP) is 2.25. The van der Waals surface area contributed by atoms with E-state index in [1.54, 1.807) is 36.8 Å². The highest BCUT2D eigenvalue weighted by Crippen LogP contribution is 2.15. The van der Waals surface area contributed by atoms with E-state index < -0.39 is 0 Å². The number of nitrogens with zero attached hydrogens (tertiary/aromatic N) is 4. The number of benzene rings is 1. The van der Waals surface area contributed by atoms with Crippen molar-refractivity contribution in [3.8, 4) is 11.3 Å². The monoisotopic (exact) mass is 281 g/mol. The normalized spacial score (nSPS) is 10.5. The summed E-state index contributed by atoms with van der Waals surface area (Å²) in [6, 6.07) is 8.07. The highest BCUT2D eigenvalue weighted by Gasteiger charge is 2.05. The Morgan fingerprint density at radius 2 is 1.67 bits per heavy atom. The Morgan fingerprint density at radius 1 is 0.952 bits per heavy atom. The molecule has 0 amide bonds. The van der Waals surface area contributed by atoms with Crippen LogP contribution in [0.4, 0.5) is 10.3 Å². The quantitative estimate of drug-likeness (QED) is 0.796. The average molecular weight is 281 g/mol. The third kappa shape index (κ3) is 3.17. The van der Waals surface area contributed by atoms with Crippen molar-refractivity contribution in [2.24, 2.45) is 0 Å². The lowest BCUT2D eigenvalue weighted by Gasteiger charge is -2.04. The van der Waals surface area contributed by atoms with Gasteiger partial charge in [0.05, 0.1) is 5.69 Å². The van der Waals surface area contributed by atoms with Crippen molar-refractivity contribution in [2.45, 2.75) is 6.42 Å². The van der Waals surface area contributed by atoms with Gasteiger partial charge in [-0.3, -0.25) is 0 Å². The van der Waals surface area contributed by atoms with Crippen LogP contribution in [0.1, 0.15) is 11.4 Å². The van der Waals surface area contributed by atoms with Gasteiger partial charge in [-0.15, -0.1) is 0 Å². The van der Waals surface area contributed by atoms with Crippen molar-refractivity contribution >= 4 is 5.95 Å². The molecule has 0 unspecified atom stereocenters. The minimum absolute atomic E-state index is 0.222. The van der Waals surface area contributed by atoms with E-state index in [0.717, 1.165) is 16.8 Å². The topological polar surface area (TPSA) is 77.6 Å². The molecule has 104 valence electrons. The molecular formula is C15H12FN5. The number of anilines is 1. The Balaban J connectivity index is 1.86. The van der Waals surface area contributed by atoms with Crippen LogP contribution in [0.15, 0.2) is 48.9 Å². The van der Waals surface area contributed by atoms with Gasteiger partial charge in [-0.2, -0.15) is 0 Å². The van der Waals surface area contributed by atoms with E-state index in [1.165, 1.54) is 12.1 Å². The van der Waals surface area contributed by atoms with Crippen LogP contribution in [0.25, 0.3) is 11.3 Å². The number of rotatable bonds is 3. The van der Waals surface area contributed by atoms with Crippen LogP contribution < -0.4 is 5.73 Å². The Kier molecular flexibility index (Phi) is 3.51. The molecular weight excluding hydrogens is 269 g/mol. The van der Waals surface area contributed by atoms with E-state index in [1.807, 2.05) is 0 Å². The fourth-order valence-corrected chi connectivity index (χ4v) is 1.90. The van der Waals surface area contributed by atoms with Crippen molar-refractivity contribution in [1.82, 2.24) is 19.9 Å². The summed E-state index contributed by atoms with van der Waals surface area (Å²) in [4.78, 5) is 16.6. The number of hydrogen-bond acceptors (Lipinski definition) is 5. The molecule has 0 radical (unpaired) electrons. The van der Waals surface area contributed by atoms with Crippen molar-refractivity contribution in [1.29, 1.82) is 0 Å². The van der Waals surface area contributed by atoms with Gasteiger partial charge >= 0.3 is 0 Å². The molecule has 0 aliphatic rings. The van der Waals surface area contributed by atoms with Gasteiger partial charge in [0.25, 0.3) is 0 Å². The summed E-state index contributed by atoms with van der Waals surface area (Å²) in [6.45, 7) is 0. The van der Waals surface area contributed by atoms with Crippen LogP contribution in [0.5, 0.6) is 0 Å². The van der Waals surface area contributed by atoms with Crippen molar-refractivity contribution in [3.63, 3.8) is 0 Å². The summed E-state index contributed by atoms with van der Waals surface area (Å²) in [5.74, 6) is 0.614. The van der Waals surface area contributed by atoms with Gasteiger partial charge < -0.3 is 5.73 Å². The highest BCUT2D eigenvalue weighted by molar-refractivity contribution is 5.56. The molecule has 3 rings (SSSR count). The average Bonchev–Trinajstić information content (AvgIpc) is 2.51. The van der Waals surface area contributed by atoms with Crippen molar-refractivity contribution in [3.05, 3.63) is 66.1 Å². The first-order chi connectivity index (χ1) is 10.2. The third-order valence-corrected chi connectivity index (χ3v) is 2.95. The van der Waals surface area contributed by atoms with Gasteiger partial charge in [0, 0.05) is 30.6 Å². The van der Waals surface area contributed by atoms with E-state index in [-0.39, 0.29) is 11.8 Å². The van der Waals surface area contributed by atoms with E-state index >= 15 is 0 Å². The first-order valence-electron chi connectivity index (χ1n) is 6.35. The molecule has 0 aliphatic heterocycles. The number of nitrogens with two attached hydrogens (primary N) is 1. The SMILES string of the molecule is Nc1ncc(-c2ccnc(Cc3ccc(F)cc3)n2)cn1. The van der Waals surface area contributed by atoms with Crippen molar-refractivity contribution < 1.29 is 4.39 Å². The lowest BCUT2D eigenvalue weighted by molar-refractivity contribution is 0.627. The summed E-state index contributed by atoms with van der Waals surface area (Å²) in [5, 5.41) is 0. The minimum Gasteiger partial charge on any atom is -0.368 e. The molecule has 0 spiro atoms. The molecule has 3 aromatic rings. The summed E-state index contributed by atoms with van der Waals surface area (Å²) >= 11 is 0. The summed E-state index contributed by atoms with van der Waals surface area (Å²) < 4.78 is 12.9. The van der Waals surface area contributed by atoms with Crippen LogP contribution in [0, 0.1) is 5.82 Å². The van der Waals surface area contributed by atoms with Gasteiger partial charge in [0.2, 0.25) is 5.95 Å². The Bertz CT molecular complexity index is 741. The molecule has 5 nitrogen and oxygen atoms in total. The molecule has 2 heterocycles. The van der Waals surface area contributed by atoms with Crippen LogP contribution in [0.2, 0.25) is 0 Å². The molecule has 1 aromatic carbocycles. The molecule has 2 aromatic heterocycles. The van der Waals surface area contributed by atoms with Gasteiger partial charge in [-0.1, -0.05) is 12.1 Å². The maximum Gasteiger partial charge on any atom is 0.219 e. The third-order valence-electron chi connectivity index (χ3n) is 2.95. The standard InChI is InChI=1S/C15H12FN5/c16-12-3-1-10(2-4-12)7-14-18-6-5-13(21-14)11-8-19-15(17)20-9-11/h1-6,8-9H,7H2,(H2,17,19,20). The zero-order valence-corrected chi connectivity index (χ0v) is 11.1. The van der Waals surface area contributed by atoms with Gasteiger partial charge in [-0.05, 0) is 23.8 Å². The fraction of sp³-hybridized carbons (Fsp3) is 0.0667. The minimum atomic E-state index is -0.257. The maximum absolute atomic E-state index is 12.9. The van der Waals surface area contributed by atoms with Crippen LogP contribution in [-0.2, 0) is 6.42 Å². The second-order valence-electron chi connectivity index (χ2n) is 4.49. The first-order valence-corrected chi connectivity index (χ1v) is 6.35. The second kappa shape index (κ2) is 5.62. The zero-order chi connectivity index (χ0) is 14.7. The largest absolute Gasteiger partial charge is 0.368 e. The molecule has 0 aliphatic carbocycles. The Hall–Kier alpha value is -2.89. The maximum atomic E-state index is 12.9. The van der Waals surface area contributed by atoms with E-state index in [4.69, 9.17) is 5.73 Å². The molecule has 0 saturated heterocycles. The smallest absolute Gasteiger partial charge is 0.219 e. The summed E-state index contributed by atoms with van der Waals surface area (Å²) in [7, 11) is 0. The van der Waals surface area contributed by atoms with E-state index in [9.17, 15) is 4.39 Å². The van der Waals surface area contributed by atoms with Crippen LogP contribution >= 0.6 is 0 Å². The molecule has 0 atom stereocenters. The van der Waals surface area contributed by atoms with Crippen LogP contribution in [-0.4, -0.2) is 19.9 Å². The molecule has 0 saturated carbocycles. The number of hydrogen-bond donors (Lipinski definition) is 1. The second-order valence-corrected chi connectivity index (χ2v) is 4.49. The molecule has 0 fully saturated rings. The number of nitrogen functional groups attached to an aromatic ring is 1. The molecule has 21 heavy (non-hydrogen) atoms. The first kappa shape index (κ1) is 13.1. The molecule has 2 N–H and O–H groups in total. The summed E-state index contributed by atoms with van der Waals surface area (Å²) in [6.07, 6.45) is 5.44. The number of halogens is 1. The van der Waals surface area contributed by atoms with Gasteiger partial charge in [-0.25, -0.2) is 24.3 Å². The highest BCUT2D eigenvalue weighted by atomic mass is 19.1. The van der Waals surface area contributed by atoms with E-state index in [2.05, 4.69) is 19.9 Å². The summed E-state index contributed by atoms with van der Waals surface area (Å²) in [5.41, 5.74) is 7.90. The van der Waals surface area contributed by atoms with Gasteiger partial charge in [0.15, 0.2) is 0 Å². The Morgan fingerprint density at radius 3 is 2.38 bits per heavy atom. The van der Waals surface area contributed by atoms with Gasteiger partial charge in [0.1, 0.15) is 11.6 Å². The van der Waals surface area contributed by atoms with Crippen LogP contribution in [0.3, 0.4) is 0 Å². The number of aromatic nitrogens is 4.